The number of benzene rings is 1. The van der Waals surface area contributed by atoms with Crippen molar-refractivity contribution >= 4 is 17.8 Å². The number of amides is 2. The van der Waals surface area contributed by atoms with Crippen LogP contribution in [0.4, 0.5) is 10.6 Å². The van der Waals surface area contributed by atoms with E-state index in [1.807, 2.05) is 42.2 Å². The molecule has 1 fully saturated rings. The summed E-state index contributed by atoms with van der Waals surface area (Å²) in [6.07, 6.45) is 4.50. The number of aromatic nitrogens is 4. The van der Waals surface area contributed by atoms with Crippen LogP contribution in [0.25, 0.3) is 5.95 Å². The molecular formula is C25H29N7O5. The van der Waals surface area contributed by atoms with Crippen LogP contribution in [0.1, 0.15) is 12.1 Å². The summed E-state index contributed by atoms with van der Waals surface area (Å²) >= 11 is 0. The number of fused-ring (bicyclic) bond motifs is 1. The van der Waals surface area contributed by atoms with Gasteiger partial charge in [-0.05, 0) is 19.1 Å². The molecule has 1 saturated heterocycles. The van der Waals surface area contributed by atoms with E-state index in [0.717, 1.165) is 5.69 Å². The standard InChI is InChI=1S/C25H29N7O5/c1-17-11-22(29-24(28-17)31-8-7-26-16-31)32-10-9-30(25(34)35-2)14-18(32)12-23(33)27-13-19-15-36-20-5-3-4-6-21(20)37-19/h3-8,11,16,18-19H,9-10,12-15H2,1-2H3,(H,27,33). The lowest BCUT2D eigenvalue weighted by atomic mass is 10.1. The molecule has 1 aromatic carbocycles. The van der Waals surface area contributed by atoms with Gasteiger partial charge in [-0.3, -0.25) is 9.36 Å². The Morgan fingerprint density at radius 3 is 2.81 bits per heavy atom. The minimum atomic E-state index is -0.422. The highest BCUT2D eigenvalue weighted by Gasteiger charge is 2.33. The number of hydrogen-bond donors (Lipinski definition) is 1. The molecule has 2 aliphatic rings. The highest BCUT2D eigenvalue weighted by Crippen LogP contribution is 2.30. The van der Waals surface area contributed by atoms with E-state index in [2.05, 4.69) is 15.3 Å². The van der Waals surface area contributed by atoms with Crippen molar-refractivity contribution < 1.29 is 23.8 Å². The third kappa shape index (κ3) is 5.57. The second kappa shape index (κ2) is 10.7. The van der Waals surface area contributed by atoms with E-state index in [-0.39, 0.29) is 24.5 Å². The summed E-state index contributed by atoms with van der Waals surface area (Å²) in [4.78, 5) is 42.2. The van der Waals surface area contributed by atoms with Crippen LogP contribution in [-0.2, 0) is 9.53 Å². The minimum absolute atomic E-state index is 0.154. The SMILES string of the molecule is COC(=O)N1CCN(c2cc(C)nc(-n3ccnc3)n2)C(CC(=O)NCC2COc3ccccc3O2)C1. The van der Waals surface area contributed by atoms with E-state index in [1.165, 1.54) is 7.11 Å². The topological polar surface area (TPSA) is 124 Å². The van der Waals surface area contributed by atoms with Crippen molar-refractivity contribution in [2.45, 2.75) is 25.5 Å². The molecule has 0 bridgehead atoms. The Balaban J connectivity index is 1.28. The fraction of sp³-hybridized carbons (Fsp3) is 0.400. The zero-order valence-electron chi connectivity index (χ0n) is 20.7. The van der Waals surface area contributed by atoms with E-state index in [0.29, 0.717) is 56.1 Å². The van der Waals surface area contributed by atoms with Crippen molar-refractivity contribution in [3.8, 4) is 17.4 Å². The molecule has 12 heteroatoms. The maximum atomic E-state index is 13.0. The Morgan fingerprint density at radius 2 is 2.03 bits per heavy atom. The smallest absolute Gasteiger partial charge is 0.409 e. The van der Waals surface area contributed by atoms with Crippen LogP contribution < -0.4 is 19.7 Å². The summed E-state index contributed by atoms with van der Waals surface area (Å²) in [5.74, 6) is 2.36. The maximum absolute atomic E-state index is 13.0. The van der Waals surface area contributed by atoms with Gasteiger partial charge in [-0.2, -0.15) is 4.98 Å². The monoisotopic (exact) mass is 507 g/mol. The molecule has 37 heavy (non-hydrogen) atoms. The van der Waals surface area contributed by atoms with Gasteiger partial charge in [-0.15, -0.1) is 0 Å². The molecule has 3 aromatic rings. The number of para-hydroxylation sites is 2. The first kappa shape index (κ1) is 24.3. The lowest BCUT2D eigenvalue weighted by molar-refractivity contribution is -0.122. The number of ether oxygens (including phenoxy) is 3. The third-order valence-electron chi connectivity index (χ3n) is 6.29. The van der Waals surface area contributed by atoms with Gasteiger partial charge in [0.15, 0.2) is 11.5 Å². The third-order valence-corrected chi connectivity index (χ3v) is 6.29. The molecule has 2 aliphatic heterocycles. The second-order valence-corrected chi connectivity index (χ2v) is 8.91. The fourth-order valence-electron chi connectivity index (χ4n) is 4.48. The molecule has 0 saturated carbocycles. The normalized spacial score (nSPS) is 18.9. The van der Waals surface area contributed by atoms with Gasteiger partial charge in [0.1, 0.15) is 24.9 Å². The van der Waals surface area contributed by atoms with Crippen molar-refractivity contribution in [2.24, 2.45) is 0 Å². The molecule has 2 atom stereocenters. The van der Waals surface area contributed by atoms with E-state index >= 15 is 0 Å². The summed E-state index contributed by atoms with van der Waals surface area (Å²) < 4.78 is 18.3. The second-order valence-electron chi connectivity index (χ2n) is 8.91. The van der Waals surface area contributed by atoms with Crippen LogP contribution in [0.3, 0.4) is 0 Å². The molecule has 12 nitrogen and oxygen atoms in total. The van der Waals surface area contributed by atoms with Crippen molar-refractivity contribution in [1.29, 1.82) is 0 Å². The predicted molar refractivity (Wildman–Crippen MR) is 133 cm³/mol. The number of nitrogens with zero attached hydrogens (tertiary/aromatic N) is 6. The molecule has 2 amide bonds. The zero-order valence-corrected chi connectivity index (χ0v) is 20.7. The summed E-state index contributed by atoms with van der Waals surface area (Å²) in [6, 6.07) is 9.01. The molecule has 2 aromatic heterocycles. The van der Waals surface area contributed by atoms with E-state index in [9.17, 15) is 9.59 Å². The number of anilines is 1. The average molecular weight is 508 g/mol. The number of carbonyl (C=O) groups is 2. The van der Waals surface area contributed by atoms with Gasteiger partial charge in [-0.1, -0.05) is 12.1 Å². The molecule has 5 rings (SSSR count). The van der Waals surface area contributed by atoms with Gasteiger partial charge in [0.25, 0.3) is 0 Å². The van der Waals surface area contributed by atoms with Gasteiger partial charge in [-0.25, -0.2) is 14.8 Å². The lowest BCUT2D eigenvalue weighted by Crippen LogP contribution is -2.56. The first-order valence-corrected chi connectivity index (χ1v) is 12.1. The van der Waals surface area contributed by atoms with Gasteiger partial charge >= 0.3 is 6.09 Å². The number of rotatable bonds is 6. The Bertz CT molecular complexity index is 1250. The molecule has 0 radical (unpaired) electrons. The summed E-state index contributed by atoms with van der Waals surface area (Å²) in [6.45, 7) is 3.80. The number of piperazine rings is 1. The quantitative estimate of drug-likeness (QED) is 0.529. The van der Waals surface area contributed by atoms with Gasteiger partial charge in [0, 0.05) is 50.2 Å². The molecule has 0 spiro atoms. The van der Waals surface area contributed by atoms with Crippen LogP contribution in [-0.4, -0.2) is 88.5 Å². The zero-order chi connectivity index (χ0) is 25.8. The van der Waals surface area contributed by atoms with Gasteiger partial charge in [0.2, 0.25) is 11.9 Å². The van der Waals surface area contributed by atoms with Crippen molar-refractivity contribution in [2.75, 3.05) is 44.8 Å². The Kier molecular flexibility index (Phi) is 7.06. The molecular weight excluding hydrogens is 478 g/mol. The molecule has 4 heterocycles. The van der Waals surface area contributed by atoms with Crippen LogP contribution in [0.15, 0.2) is 49.1 Å². The van der Waals surface area contributed by atoms with E-state index in [1.54, 1.807) is 28.2 Å². The van der Waals surface area contributed by atoms with Crippen molar-refractivity contribution in [1.82, 2.24) is 29.7 Å². The van der Waals surface area contributed by atoms with Crippen LogP contribution in [0.5, 0.6) is 11.5 Å². The number of methoxy groups -OCH3 is 1. The van der Waals surface area contributed by atoms with E-state index in [4.69, 9.17) is 19.2 Å². The largest absolute Gasteiger partial charge is 0.486 e. The predicted octanol–water partition coefficient (Wildman–Crippen LogP) is 1.57. The summed E-state index contributed by atoms with van der Waals surface area (Å²) in [5, 5.41) is 2.96. The molecule has 194 valence electrons. The Morgan fingerprint density at radius 1 is 1.19 bits per heavy atom. The number of imidazole rings is 1. The highest BCUT2D eigenvalue weighted by molar-refractivity contribution is 5.77. The highest BCUT2D eigenvalue weighted by atomic mass is 16.6. The fourth-order valence-corrected chi connectivity index (χ4v) is 4.48. The summed E-state index contributed by atoms with van der Waals surface area (Å²) in [7, 11) is 1.35. The van der Waals surface area contributed by atoms with Crippen LogP contribution >= 0.6 is 0 Å². The Labute approximate surface area is 214 Å². The molecule has 0 aliphatic carbocycles. The van der Waals surface area contributed by atoms with Crippen molar-refractivity contribution in [3.05, 3.63) is 54.7 Å². The maximum Gasteiger partial charge on any atom is 0.409 e. The Hall–Kier alpha value is -4.35. The number of nitrogens with one attached hydrogen (secondary N) is 1. The number of hydrogen-bond acceptors (Lipinski definition) is 9. The number of aryl methyl sites for hydroxylation is 1. The first-order chi connectivity index (χ1) is 18.0. The minimum Gasteiger partial charge on any atom is -0.486 e. The van der Waals surface area contributed by atoms with Crippen molar-refractivity contribution in [3.63, 3.8) is 0 Å². The van der Waals surface area contributed by atoms with Crippen LogP contribution in [0, 0.1) is 6.92 Å². The molecule has 1 N–H and O–H groups in total. The summed E-state index contributed by atoms with van der Waals surface area (Å²) in [5.41, 5.74) is 0.780. The van der Waals surface area contributed by atoms with Crippen LogP contribution in [0.2, 0.25) is 0 Å². The van der Waals surface area contributed by atoms with Gasteiger partial charge < -0.3 is 29.3 Å². The average Bonchev–Trinajstić information content (AvgIpc) is 3.46. The first-order valence-electron chi connectivity index (χ1n) is 12.1. The van der Waals surface area contributed by atoms with Gasteiger partial charge in [0.05, 0.1) is 19.7 Å². The number of carbonyl (C=O) groups excluding carboxylic acids is 2. The van der Waals surface area contributed by atoms with E-state index < -0.39 is 6.09 Å². The lowest BCUT2D eigenvalue weighted by Gasteiger charge is -2.41. The molecule has 2 unspecified atom stereocenters.